The average Bonchev–Trinajstić information content (AvgIpc) is 2.95. The van der Waals surface area contributed by atoms with Crippen LogP contribution < -0.4 is 10.1 Å². The molecule has 1 heterocycles. The fourth-order valence-electron chi connectivity index (χ4n) is 2.69. The molecule has 3 rings (SSSR count). The molecule has 2 aromatic rings. The van der Waals surface area contributed by atoms with Crippen LogP contribution >= 0.6 is 0 Å². The SMILES string of the molecule is CC(C)c1ccc(NC(=O)Cc2ccc3c(c2)CCO3)cc1. The first-order chi connectivity index (χ1) is 10.6. The summed E-state index contributed by atoms with van der Waals surface area (Å²) >= 11 is 0. The van der Waals surface area contributed by atoms with Crippen molar-refractivity contribution in [2.24, 2.45) is 0 Å². The third kappa shape index (κ3) is 3.30. The molecule has 114 valence electrons. The van der Waals surface area contributed by atoms with Gasteiger partial charge in [0.25, 0.3) is 0 Å². The highest BCUT2D eigenvalue weighted by molar-refractivity contribution is 5.92. The van der Waals surface area contributed by atoms with Crippen molar-refractivity contribution in [2.45, 2.75) is 32.6 Å². The Labute approximate surface area is 131 Å². The summed E-state index contributed by atoms with van der Waals surface area (Å²) in [4.78, 5) is 12.2. The molecule has 0 saturated carbocycles. The molecule has 1 amide bonds. The molecule has 0 saturated heterocycles. The van der Waals surface area contributed by atoms with Crippen LogP contribution in [0.5, 0.6) is 5.75 Å². The van der Waals surface area contributed by atoms with E-state index in [9.17, 15) is 4.79 Å². The summed E-state index contributed by atoms with van der Waals surface area (Å²) < 4.78 is 5.48. The van der Waals surface area contributed by atoms with E-state index in [4.69, 9.17) is 4.74 Å². The molecule has 0 spiro atoms. The molecule has 0 atom stereocenters. The van der Waals surface area contributed by atoms with Crippen molar-refractivity contribution in [3.8, 4) is 5.75 Å². The molecule has 22 heavy (non-hydrogen) atoms. The summed E-state index contributed by atoms with van der Waals surface area (Å²) in [6.07, 6.45) is 1.32. The van der Waals surface area contributed by atoms with Crippen molar-refractivity contribution in [3.63, 3.8) is 0 Å². The van der Waals surface area contributed by atoms with Gasteiger partial charge in [0.05, 0.1) is 13.0 Å². The van der Waals surface area contributed by atoms with Gasteiger partial charge >= 0.3 is 0 Å². The summed E-state index contributed by atoms with van der Waals surface area (Å²) in [6, 6.07) is 14.0. The highest BCUT2D eigenvalue weighted by Gasteiger charge is 2.13. The number of ether oxygens (including phenoxy) is 1. The third-order valence-electron chi connectivity index (χ3n) is 3.98. The second kappa shape index (κ2) is 6.22. The van der Waals surface area contributed by atoms with E-state index in [-0.39, 0.29) is 5.91 Å². The van der Waals surface area contributed by atoms with Gasteiger partial charge in [-0.1, -0.05) is 38.1 Å². The molecule has 1 aliphatic heterocycles. The molecule has 3 heteroatoms. The molecule has 2 aromatic carbocycles. The zero-order chi connectivity index (χ0) is 15.5. The van der Waals surface area contributed by atoms with E-state index in [0.29, 0.717) is 12.3 Å². The molecule has 0 radical (unpaired) electrons. The summed E-state index contributed by atoms with van der Waals surface area (Å²) in [5.74, 6) is 1.46. The second-order valence-corrected chi connectivity index (χ2v) is 6.04. The predicted octanol–water partition coefficient (Wildman–Crippen LogP) is 3.93. The summed E-state index contributed by atoms with van der Waals surface area (Å²) in [5, 5.41) is 2.95. The lowest BCUT2D eigenvalue weighted by Crippen LogP contribution is -2.14. The monoisotopic (exact) mass is 295 g/mol. The largest absolute Gasteiger partial charge is 0.493 e. The van der Waals surface area contributed by atoms with Crippen molar-refractivity contribution >= 4 is 11.6 Å². The van der Waals surface area contributed by atoms with Crippen molar-refractivity contribution in [1.82, 2.24) is 0 Å². The van der Waals surface area contributed by atoms with Crippen LogP contribution in [-0.2, 0) is 17.6 Å². The molecule has 0 bridgehead atoms. The maximum atomic E-state index is 12.2. The Morgan fingerprint density at radius 1 is 1.18 bits per heavy atom. The number of hydrogen-bond acceptors (Lipinski definition) is 2. The highest BCUT2D eigenvalue weighted by Crippen LogP contribution is 2.26. The minimum Gasteiger partial charge on any atom is -0.493 e. The lowest BCUT2D eigenvalue weighted by atomic mass is 10.0. The minimum atomic E-state index is 0.0103. The van der Waals surface area contributed by atoms with Crippen LogP contribution in [0.1, 0.15) is 36.5 Å². The molecular formula is C19H21NO2. The number of hydrogen-bond donors (Lipinski definition) is 1. The molecule has 0 unspecified atom stereocenters. The molecule has 0 aromatic heterocycles. The molecular weight excluding hydrogens is 274 g/mol. The lowest BCUT2D eigenvalue weighted by Gasteiger charge is -2.09. The average molecular weight is 295 g/mol. The number of nitrogens with one attached hydrogen (secondary N) is 1. The number of benzene rings is 2. The Balaban J connectivity index is 1.62. The van der Waals surface area contributed by atoms with Gasteiger partial charge < -0.3 is 10.1 Å². The van der Waals surface area contributed by atoms with Gasteiger partial charge in [0, 0.05) is 12.1 Å². The van der Waals surface area contributed by atoms with E-state index < -0.39 is 0 Å². The molecule has 0 fully saturated rings. The fourth-order valence-corrected chi connectivity index (χ4v) is 2.69. The molecule has 0 aliphatic carbocycles. The van der Waals surface area contributed by atoms with Gasteiger partial charge in [-0.2, -0.15) is 0 Å². The van der Waals surface area contributed by atoms with E-state index in [2.05, 4.69) is 37.4 Å². The Morgan fingerprint density at radius 2 is 1.95 bits per heavy atom. The van der Waals surface area contributed by atoms with Gasteiger partial charge in [-0.15, -0.1) is 0 Å². The van der Waals surface area contributed by atoms with E-state index in [1.54, 1.807) is 0 Å². The van der Waals surface area contributed by atoms with Crippen LogP contribution in [0.2, 0.25) is 0 Å². The molecule has 1 aliphatic rings. The van der Waals surface area contributed by atoms with Gasteiger partial charge in [-0.25, -0.2) is 0 Å². The van der Waals surface area contributed by atoms with Gasteiger partial charge in [0.1, 0.15) is 5.75 Å². The highest BCUT2D eigenvalue weighted by atomic mass is 16.5. The standard InChI is InChI=1S/C19H21NO2/c1-13(2)15-4-6-17(7-5-15)20-19(21)12-14-3-8-18-16(11-14)9-10-22-18/h3-8,11,13H,9-10,12H2,1-2H3,(H,20,21). The lowest BCUT2D eigenvalue weighted by molar-refractivity contribution is -0.115. The van der Waals surface area contributed by atoms with Crippen LogP contribution in [0, 0.1) is 0 Å². The smallest absolute Gasteiger partial charge is 0.228 e. The normalized spacial score (nSPS) is 12.9. The van der Waals surface area contributed by atoms with Crippen LogP contribution in [0.4, 0.5) is 5.69 Å². The number of anilines is 1. The Bertz CT molecular complexity index is 674. The predicted molar refractivity (Wildman–Crippen MR) is 88.5 cm³/mol. The van der Waals surface area contributed by atoms with Crippen molar-refractivity contribution in [2.75, 3.05) is 11.9 Å². The maximum Gasteiger partial charge on any atom is 0.228 e. The summed E-state index contributed by atoms with van der Waals surface area (Å²) in [5.41, 5.74) is 4.35. The first-order valence-electron chi connectivity index (χ1n) is 7.76. The van der Waals surface area contributed by atoms with Crippen molar-refractivity contribution in [1.29, 1.82) is 0 Å². The first kappa shape index (κ1) is 14.6. The quantitative estimate of drug-likeness (QED) is 0.928. The van der Waals surface area contributed by atoms with E-state index in [0.717, 1.165) is 30.0 Å². The second-order valence-electron chi connectivity index (χ2n) is 6.04. The van der Waals surface area contributed by atoms with Crippen LogP contribution in [0.3, 0.4) is 0 Å². The topological polar surface area (TPSA) is 38.3 Å². The Morgan fingerprint density at radius 3 is 2.68 bits per heavy atom. The van der Waals surface area contributed by atoms with Gasteiger partial charge in [0.15, 0.2) is 0 Å². The van der Waals surface area contributed by atoms with Crippen molar-refractivity contribution < 1.29 is 9.53 Å². The number of fused-ring (bicyclic) bond motifs is 1. The number of amides is 1. The van der Waals surface area contributed by atoms with E-state index in [1.165, 1.54) is 11.1 Å². The maximum absolute atomic E-state index is 12.2. The Hall–Kier alpha value is -2.29. The zero-order valence-electron chi connectivity index (χ0n) is 13.1. The first-order valence-corrected chi connectivity index (χ1v) is 7.76. The van der Waals surface area contributed by atoms with Crippen LogP contribution in [-0.4, -0.2) is 12.5 Å². The number of rotatable bonds is 4. The van der Waals surface area contributed by atoms with Gasteiger partial charge in [-0.3, -0.25) is 4.79 Å². The summed E-state index contributed by atoms with van der Waals surface area (Å²) in [6.45, 7) is 5.06. The number of carbonyl (C=O) groups excluding carboxylic acids is 1. The summed E-state index contributed by atoms with van der Waals surface area (Å²) in [7, 11) is 0. The van der Waals surface area contributed by atoms with Gasteiger partial charge in [-0.05, 0) is 40.8 Å². The van der Waals surface area contributed by atoms with E-state index in [1.807, 2.05) is 24.3 Å². The molecule has 3 nitrogen and oxygen atoms in total. The third-order valence-corrected chi connectivity index (χ3v) is 3.98. The zero-order valence-corrected chi connectivity index (χ0v) is 13.1. The molecule has 1 N–H and O–H groups in total. The van der Waals surface area contributed by atoms with E-state index >= 15 is 0 Å². The number of carbonyl (C=O) groups is 1. The van der Waals surface area contributed by atoms with Crippen LogP contribution in [0.25, 0.3) is 0 Å². The van der Waals surface area contributed by atoms with Gasteiger partial charge in [0.2, 0.25) is 5.91 Å². The minimum absolute atomic E-state index is 0.0103. The van der Waals surface area contributed by atoms with Crippen LogP contribution in [0.15, 0.2) is 42.5 Å². The Kier molecular flexibility index (Phi) is 4.14. The van der Waals surface area contributed by atoms with Crippen molar-refractivity contribution in [3.05, 3.63) is 59.2 Å². The fraction of sp³-hybridized carbons (Fsp3) is 0.316.